The van der Waals surface area contributed by atoms with Crippen LogP contribution < -0.4 is 14.8 Å². The fourth-order valence-corrected chi connectivity index (χ4v) is 3.40. The molecule has 1 aromatic heterocycles. The van der Waals surface area contributed by atoms with Gasteiger partial charge < -0.3 is 10.1 Å². The van der Waals surface area contributed by atoms with Gasteiger partial charge in [0, 0.05) is 24.2 Å². The summed E-state index contributed by atoms with van der Waals surface area (Å²) in [6, 6.07) is 14.7. The Balaban J connectivity index is 1.60. The maximum Gasteiger partial charge on any atom is 0.264 e. The van der Waals surface area contributed by atoms with Crippen LogP contribution in [0.4, 0.5) is 11.6 Å². The number of nitrogens with zero attached hydrogens (tertiary/aromatic N) is 2. The number of benzene rings is 2. The van der Waals surface area contributed by atoms with Crippen molar-refractivity contribution in [2.24, 2.45) is 0 Å². The predicted octanol–water partition coefficient (Wildman–Crippen LogP) is 3.33. The molecule has 1 amide bonds. The van der Waals surface area contributed by atoms with E-state index in [2.05, 4.69) is 20.0 Å². The van der Waals surface area contributed by atoms with Crippen LogP contribution in [0.25, 0.3) is 6.08 Å². The molecule has 154 valence electrons. The Morgan fingerprint density at radius 1 is 1.03 bits per heavy atom. The molecule has 1 heterocycles. The van der Waals surface area contributed by atoms with E-state index in [4.69, 9.17) is 4.74 Å². The molecule has 0 saturated heterocycles. The fourth-order valence-electron chi connectivity index (χ4n) is 2.45. The van der Waals surface area contributed by atoms with Gasteiger partial charge in [0.25, 0.3) is 10.0 Å². The van der Waals surface area contributed by atoms with Gasteiger partial charge in [0.1, 0.15) is 5.75 Å². The topological polar surface area (TPSA) is 110 Å². The monoisotopic (exact) mass is 424 g/mol. The average molecular weight is 424 g/mol. The van der Waals surface area contributed by atoms with Gasteiger partial charge in [0.05, 0.1) is 11.5 Å². The van der Waals surface area contributed by atoms with Crippen LogP contribution in [-0.4, -0.2) is 30.9 Å². The SMILES string of the molecule is CCOc1ccc(/C=C/C(=O)Nc2ccc(S(=O)(=O)Nc3ncccn3)cc2)cc1. The normalized spacial score (nSPS) is 11.2. The maximum atomic E-state index is 12.4. The number of anilines is 2. The standard InChI is InChI=1S/C21H20N4O4S/c1-2-29-18-9-4-16(5-10-18)6-13-20(26)24-17-7-11-19(12-8-17)30(27,28)25-21-22-14-3-15-23-21/h3-15H,2H2,1H3,(H,24,26)(H,22,23,25)/b13-6+. The Kier molecular flexibility index (Phi) is 6.76. The van der Waals surface area contributed by atoms with Gasteiger partial charge >= 0.3 is 0 Å². The lowest BCUT2D eigenvalue weighted by atomic mass is 10.2. The van der Waals surface area contributed by atoms with Gasteiger partial charge in [-0.25, -0.2) is 23.1 Å². The highest BCUT2D eigenvalue weighted by Gasteiger charge is 2.15. The number of carbonyl (C=O) groups excluding carboxylic acids is 1. The number of carbonyl (C=O) groups is 1. The number of amides is 1. The fraction of sp³-hybridized carbons (Fsp3) is 0.0952. The molecule has 0 aliphatic carbocycles. The van der Waals surface area contributed by atoms with E-state index in [9.17, 15) is 13.2 Å². The Morgan fingerprint density at radius 3 is 2.33 bits per heavy atom. The van der Waals surface area contributed by atoms with Crippen LogP contribution in [-0.2, 0) is 14.8 Å². The third kappa shape index (κ3) is 5.89. The highest BCUT2D eigenvalue weighted by Crippen LogP contribution is 2.17. The molecule has 30 heavy (non-hydrogen) atoms. The number of aromatic nitrogens is 2. The maximum absolute atomic E-state index is 12.4. The average Bonchev–Trinajstić information content (AvgIpc) is 2.74. The van der Waals surface area contributed by atoms with Gasteiger partial charge in [-0.2, -0.15) is 0 Å². The van der Waals surface area contributed by atoms with Crippen LogP contribution in [0.3, 0.4) is 0 Å². The number of sulfonamides is 1. The van der Waals surface area contributed by atoms with Crippen molar-refractivity contribution >= 4 is 33.6 Å². The molecule has 0 aliphatic rings. The summed E-state index contributed by atoms with van der Waals surface area (Å²) in [5.74, 6) is 0.409. The first-order valence-electron chi connectivity index (χ1n) is 9.08. The van der Waals surface area contributed by atoms with Crippen LogP contribution in [0.1, 0.15) is 12.5 Å². The molecule has 0 fully saturated rings. The van der Waals surface area contributed by atoms with Crippen LogP contribution >= 0.6 is 0 Å². The molecular formula is C21H20N4O4S. The predicted molar refractivity (Wildman–Crippen MR) is 115 cm³/mol. The molecule has 3 aromatic rings. The Morgan fingerprint density at radius 2 is 1.70 bits per heavy atom. The van der Waals surface area contributed by atoms with E-state index in [1.54, 1.807) is 12.1 Å². The van der Waals surface area contributed by atoms with Crippen molar-refractivity contribution in [1.82, 2.24) is 9.97 Å². The summed E-state index contributed by atoms with van der Waals surface area (Å²) in [5, 5.41) is 2.68. The van der Waals surface area contributed by atoms with E-state index in [0.717, 1.165) is 11.3 Å². The summed E-state index contributed by atoms with van der Waals surface area (Å²) in [5.41, 5.74) is 1.32. The number of rotatable bonds is 8. The third-order valence-corrected chi connectivity index (χ3v) is 5.19. The van der Waals surface area contributed by atoms with Crippen LogP contribution in [0, 0.1) is 0 Å². The summed E-state index contributed by atoms with van der Waals surface area (Å²) in [6.07, 6.45) is 5.94. The molecule has 8 nitrogen and oxygen atoms in total. The Hall–Kier alpha value is -3.72. The summed E-state index contributed by atoms with van der Waals surface area (Å²) >= 11 is 0. The minimum absolute atomic E-state index is 0.0192. The Bertz CT molecular complexity index is 1110. The zero-order chi connectivity index (χ0) is 21.4. The molecule has 9 heteroatoms. The van der Waals surface area contributed by atoms with E-state index < -0.39 is 10.0 Å². The molecule has 0 bridgehead atoms. The molecule has 0 unspecified atom stereocenters. The number of nitrogens with one attached hydrogen (secondary N) is 2. The van der Waals surface area contributed by atoms with Crippen LogP contribution in [0.5, 0.6) is 5.75 Å². The summed E-state index contributed by atoms with van der Waals surface area (Å²) < 4.78 is 32.4. The second-order valence-corrected chi connectivity index (χ2v) is 7.71. The first kappa shape index (κ1) is 21.0. The van der Waals surface area contributed by atoms with Crippen molar-refractivity contribution in [3.8, 4) is 5.75 Å². The number of hydrogen-bond donors (Lipinski definition) is 2. The first-order chi connectivity index (χ1) is 14.5. The van der Waals surface area contributed by atoms with Gasteiger partial charge in [0.2, 0.25) is 11.9 Å². The first-order valence-corrected chi connectivity index (χ1v) is 10.6. The molecular weight excluding hydrogens is 404 g/mol. The van der Waals surface area contributed by atoms with Gasteiger partial charge in [0.15, 0.2) is 0 Å². The minimum Gasteiger partial charge on any atom is -0.494 e. The molecule has 3 rings (SSSR count). The molecule has 0 atom stereocenters. The quantitative estimate of drug-likeness (QED) is 0.537. The van der Waals surface area contributed by atoms with Crippen molar-refractivity contribution in [3.63, 3.8) is 0 Å². The smallest absolute Gasteiger partial charge is 0.264 e. The summed E-state index contributed by atoms with van der Waals surface area (Å²) in [6.45, 7) is 2.50. The lowest BCUT2D eigenvalue weighted by Gasteiger charge is -2.07. The van der Waals surface area contributed by atoms with Gasteiger partial charge in [-0.1, -0.05) is 12.1 Å². The van der Waals surface area contributed by atoms with Gasteiger partial charge in [-0.05, 0) is 61.0 Å². The largest absolute Gasteiger partial charge is 0.494 e. The molecule has 0 radical (unpaired) electrons. The van der Waals surface area contributed by atoms with Gasteiger partial charge in [-0.15, -0.1) is 0 Å². The molecule has 2 aromatic carbocycles. The zero-order valence-electron chi connectivity index (χ0n) is 16.1. The third-order valence-electron chi connectivity index (χ3n) is 3.84. The molecule has 0 spiro atoms. The van der Waals surface area contributed by atoms with Gasteiger partial charge in [-0.3, -0.25) is 4.79 Å². The highest BCUT2D eigenvalue weighted by molar-refractivity contribution is 7.92. The summed E-state index contributed by atoms with van der Waals surface area (Å²) in [7, 11) is -3.82. The second kappa shape index (κ2) is 9.66. The Labute approximate surface area is 174 Å². The van der Waals surface area contributed by atoms with Crippen molar-refractivity contribution in [3.05, 3.63) is 78.6 Å². The lowest BCUT2D eigenvalue weighted by molar-refractivity contribution is -0.111. The van der Waals surface area contributed by atoms with E-state index in [0.29, 0.717) is 12.3 Å². The van der Waals surface area contributed by atoms with Crippen molar-refractivity contribution in [2.45, 2.75) is 11.8 Å². The van der Waals surface area contributed by atoms with Crippen LogP contribution in [0.15, 0.2) is 78.0 Å². The zero-order valence-corrected chi connectivity index (χ0v) is 17.0. The molecule has 0 aliphatic heterocycles. The number of ether oxygens (including phenoxy) is 1. The molecule has 0 saturated carbocycles. The van der Waals surface area contributed by atoms with E-state index in [1.807, 2.05) is 31.2 Å². The van der Waals surface area contributed by atoms with E-state index in [1.165, 1.54) is 42.7 Å². The summed E-state index contributed by atoms with van der Waals surface area (Å²) in [4.78, 5) is 19.8. The molecule has 2 N–H and O–H groups in total. The van der Waals surface area contributed by atoms with E-state index >= 15 is 0 Å². The van der Waals surface area contributed by atoms with Crippen molar-refractivity contribution in [2.75, 3.05) is 16.6 Å². The second-order valence-electron chi connectivity index (χ2n) is 6.03. The lowest BCUT2D eigenvalue weighted by Crippen LogP contribution is -2.15. The van der Waals surface area contributed by atoms with Crippen molar-refractivity contribution in [1.29, 1.82) is 0 Å². The van der Waals surface area contributed by atoms with Crippen LogP contribution in [0.2, 0.25) is 0 Å². The van der Waals surface area contributed by atoms with E-state index in [-0.39, 0.29) is 16.8 Å². The minimum atomic E-state index is -3.82. The highest BCUT2D eigenvalue weighted by atomic mass is 32.2. The van der Waals surface area contributed by atoms with Crippen molar-refractivity contribution < 1.29 is 17.9 Å². The number of hydrogen-bond acceptors (Lipinski definition) is 6.